The van der Waals surface area contributed by atoms with E-state index in [-0.39, 0.29) is 10.6 Å². The molecule has 0 saturated carbocycles. The van der Waals surface area contributed by atoms with E-state index in [0.29, 0.717) is 22.8 Å². The molecular weight excluding hydrogens is 455 g/mol. The van der Waals surface area contributed by atoms with E-state index in [1.54, 1.807) is 42.6 Å². The molecule has 0 fully saturated rings. The van der Waals surface area contributed by atoms with E-state index < -0.39 is 15.7 Å². The summed E-state index contributed by atoms with van der Waals surface area (Å²) in [6.07, 6.45) is 2.85. The van der Waals surface area contributed by atoms with Crippen LogP contribution < -0.4 is 9.47 Å². The fraction of sp³-hybridized carbons (Fsp3) is 0.0385. The molecule has 0 spiro atoms. The summed E-state index contributed by atoms with van der Waals surface area (Å²) in [6.45, 7) is 0. The van der Waals surface area contributed by atoms with Gasteiger partial charge in [0.25, 0.3) is 0 Å². The standard InChI is InChI=1S/C26H19FN2O4S/c1-34(30,31)20-11-9-18(10-12-20)32-19-14-17-15-23(22-7-4-5-13-28-22)29-26(17)25(16-19)33-24-8-3-2-6-21(24)27/h2-16,29H,1H3. The molecule has 0 saturated heterocycles. The van der Waals surface area contributed by atoms with Crippen LogP contribution in [0, 0.1) is 5.82 Å². The second-order valence-electron chi connectivity index (χ2n) is 7.66. The fourth-order valence-electron chi connectivity index (χ4n) is 3.52. The molecule has 0 aliphatic rings. The molecule has 6 nitrogen and oxygen atoms in total. The molecule has 0 amide bonds. The van der Waals surface area contributed by atoms with Gasteiger partial charge in [0.05, 0.1) is 21.8 Å². The van der Waals surface area contributed by atoms with Crippen LogP contribution in [0.2, 0.25) is 0 Å². The number of aromatic nitrogens is 2. The Kier molecular flexibility index (Phi) is 5.51. The lowest BCUT2D eigenvalue weighted by atomic mass is 10.2. The highest BCUT2D eigenvalue weighted by Gasteiger charge is 2.15. The quantitative estimate of drug-likeness (QED) is 0.310. The number of hydrogen-bond acceptors (Lipinski definition) is 5. The molecule has 3 aromatic carbocycles. The van der Waals surface area contributed by atoms with Gasteiger partial charge in [-0.1, -0.05) is 18.2 Å². The molecule has 1 N–H and O–H groups in total. The first-order valence-electron chi connectivity index (χ1n) is 10.4. The molecule has 8 heteroatoms. The van der Waals surface area contributed by atoms with Gasteiger partial charge in [-0.25, -0.2) is 12.8 Å². The molecule has 0 radical (unpaired) electrons. The van der Waals surface area contributed by atoms with E-state index in [0.717, 1.165) is 23.0 Å². The van der Waals surface area contributed by atoms with Crippen LogP contribution in [0.4, 0.5) is 4.39 Å². The van der Waals surface area contributed by atoms with Gasteiger partial charge in [0, 0.05) is 23.9 Å². The number of benzene rings is 3. The van der Waals surface area contributed by atoms with Gasteiger partial charge in [-0.2, -0.15) is 0 Å². The van der Waals surface area contributed by atoms with Crippen molar-refractivity contribution in [1.29, 1.82) is 0 Å². The van der Waals surface area contributed by atoms with Crippen LogP contribution in [0.5, 0.6) is 23.0 Å². The van der Waals surface area contributed by atoms with Gasteiger partial charge in [0.1, 0.15) is 11.5 Å². The van der Waals surface area contributed by atoms with Gasteiger partial charge in [-0.05, 0) is 60.7 Å². The van der Waals surface area contributed by atoms with Crippen molar-refractivity contribution in [3.63, 3.8) is 0 Å². The number of para-hydroxylation sites is 1. The summed E-state index contributed by atoms with van der Waals surface area (Å²) in [5, 5.41) is 0.775. The molecule has 0 aliphatic carbocycles. The molecule has 0 aliphatic heterocycles. The van der Waals surface area contributed by atoms with Crippen molar-refractivity contribution in [2.24, 2.45) is 0 Å². The maximum absolute atomic E-state index is 14.3. The van der Waals surface area contributed by atoms with Crippen LogP contribution in [0.1, 0.15) is 0 Å². The van der Waals surface area contributed by atoms with Gasteiger partial charge >= 0.3 is 0 Å². The predicted molar refractivity (Wildman–Crippen MR) is 128 cm³/mol. The molecule has 5 aromatic rings. The van der Waals surface area contributed by atoms with E-state index in [1.807, 2.05) is 30.3 Å². The first kappa shape index (κ1) is 21.7. The van der Waals surface area contributed by atoms with E-state index in [9.17, 15) is 12.8 Å². The van der Waals surface area contributed by atoms with Crippen molar-refractivity contribution in [3.05, 3.63) is 96.9 Å². The summed E-state index contributed by atoms with van der Waals surface area (Å²) < 4.78 is 49.6. The van der Waals surface area contributed by atoms with E-state index in [1.165, 1.54) is 18.2 Å². The maximum Gasteiger partial charge on any atom is 0.175 e. The summed E-state index contributed by atoms with van der Waals surface area (Å²) in [7, 11) is -3.31. The summed E-state index contributed by atoms with van der Waals surface area (Å²) >= 11 is 0. The third-order valence-electron chi connectivity index (χ3n) is 5.15. The number of H-pyrrole nitrogens is 1. The first-order valence-corrected chi connectivity index (χ1v) is 12.2. The highest BCUT2D eigenvalue weighted by Crippen LogP contribution is 2.38. The lowest BCUT2D eigenvalue weighted by Crippen LogP contribution is -1.96. The Bertz CT molecular complexity index is 1580. The van der Waals surface area contributed by atoms with Gasteiger partial charge in [-0.15, -0.1) is 0 Å². The minimum absolute atomic E-state index is 0.0763. The molecule has 34 heavy (non-hydrogen) atoms. The van der Waals surface area contributed by atoms with Crippen molar-refractivity contribution in [2.45, 2.75) is 4.90 Å². The predicted octanol–water partition coefficient (Wildman–Crippen LogP) is 6.36. The van der Waals surface area contributed by atoms with Crippen LogP contribution in [0.15, 0.2) is 96.0 Å². The number of aromatic amines is 1. The van der Waals surface area contributed by atoms with Crippen LogP contribution >= 0.6 is 0 Å². The zero-order valence-corrected chi connectivity index (χ0v) is 18.8. The normalized spacial score (nSPS) is 11.5. The molecule has 0 atom stereocenters. The molecule has 2 aromatic heterocycles. The van der Waals surface area contributed by atoms with Gasteiger partial charge in [0.2, 0.25) is 0 Å². The zero-order chi connectivity index (χ0) is 23.7. The number of sulfone groups is 1. The molecule has 0 unspecified atom stereocenters. The van der Waals surface area contributed by atoms with Gasteiger partial charge in [0.15, 0.2) is 27.2 Å². The number of ether oxygens (including phenoxy) is 2. The van der Waals surface area contributed by atoms with Crippen molar-refractivity contribution in [3.8, 4) is 34.4 Å². The minimum Gasteiger partial charge on any atom is -0.457 e. The molecule has 5 rings (SSSR count). The first-order chi connectivity index (χ1) is 16.4. The number of pyridine rings is 1. The maximum atomic E-state index is 14.3. The Morgan fingerprint density at radius 2 is 1.59 bits per heavy atom. The molecule has 170 valence electrons. The number of fused-ring (bicyclic) bond motifs is 1. The smallest absolute Gasteiger partial charge is 0.175 e. The number of halogens is 1. The van der Waals surface area contributed by atoms with Crippen molar-refractivity contribution in [1.82, 2.24) is 9.97 Å². The Morgan fingerprint density at radius 1 is 0.824 bits per heavy atom. The lowest BCUT2D eigenvalue weighted by Gasteiger charge is -2.11. The average Bonchev–Trinajstić information content (AvgIpc) is 3.25. The van der Waals surface area contributed by atoms with Crippen LogP contribution in [-0.4, -0.2) is 24.6 Å². The van der Waals surface area contributed by atoms with Crippen molar-refractivity contribution < 1.29 is 22.3 Å². The van der Waals surface area contributed by atoms with E-state index in [2.05, 4.69) is 9.97 Å². The Morgan fingerprint density at radius 3 is 2.29 bits per heavy atom. The Labute approximate surface area is 195 Å². The third-order valence-corrected chi connectivity index (χ3v) is 6.28. The minimum atomic E-state index is -3.31. The van der Waals surface area contributed by atoms with E-state index in [4.69, 9.17) is 9.47 Å². The summed E-state index contributed by atoms with van der Waals surface area (Å²) in [5.41, 5.74) is 2.17. The van der Waals surface area contributed by atoms with Gasteiger partial charge < -0.3 is 14.5 Å². The van der Waals surface area contributed by atoms with E-state index >= 15 is 0 Å². The van der Waals surface area contributed by atoms with Crippen LogP contribution in [0.3, 0.4) is 0 Å². The molecular formula is C26H19FN2O4S. The monoisotopic (exact) mass is 474 g/mol. The molecule has 0 bridgehead atoms. The van der Waals surface area contributed by atoms with Crippen LogP contribution in [0.25, 0.3) is 22.3 Å². The third kappa shape index (κ3) is 4.49. The van der Waals surface area contributed by atoms with Gasteiger partial charge in [-0.3, -0.25) is 4.98 Å². The Hall–Kier alpha value is -4.17. The fourth-order valence-corrected chi connectivity index (χ4v) is 4.15. The lowest BCUT2D eigenvalue weighted by molar-refractivity contribution is 0.438. The highest BCUT2D eigenvalue weighted by atomic mass is 32.2. The number of hydrogen-bond donors (Lipinski definition) is 1. The summed E-state index contributed by atoms with van der Waals surface area (Å²) in [4.78, 5) is 7.88. The summed E-state index contributed by atoms with van der Waals surface area (Å²) in [5.74, 6) is 0.844. The van der Waals surface area contributed by atoms with Crippen molar-refractivity contribution >= 4 is 20.7 Å². The molecule has 2 heterocycles. The Balaban J connectivity index is 1.57. The SMILES string of the molecule is CS(=O)(=O)c1ccc(Oc2cc(Oc3ccccc3F)c3[nH]c(-c4ccccn4)cc3c2)cc1. The second-order valence-corrected chi connectivity index (χ2v) is 9.68. The zero-order valence-electron chi connectivity index (χ0n) is 18.0. The second kappa shape index (κ2) is 8.64. The van der Waals surface area contributed by atoms with Crippen molar-refractivity contribution in [2.75, 3.05) is 6.26 Å². The topological polar surface area (TPSA) is 81.3 Å². The largest absolute Gasteiger partial charge is 0.457 e. The number of nitrogens with one attached hydrogen (secondary N) is 1. The highest BCUT2D eigenvalue weighted by molar-refractivity contribution is 7.90. The van der Waals surface area contributed by atoms with Crippen LogP contribution in [-0.2, 0) is 9.84 Å². The number of nitrogens with zero attached hydrogens (tertiary/aromatic N) is 1. The average molecular weight is 475 g/mol. The summed E-state index contributed by atoms with van der Waals surface area (Å²) in [6, 6.07) is 23.2. The number of rotatable bonds is 6.